The summed E-state index contributed by atoms with van der Waals surface area (Å²) in [6, 6.07) is 15.2. The first-order chi connectivity index (χ1) is 18.3. The van der Waals surface area contributed by atoms with E-state index in [-0.39, 0.29) is 6.42 Å². The number of nitrogens with one attached hydrogen (secondary N) is 3. The molecule has 0 spiro atoms. The molecule has 0 aliphatic carbocycles. The van der Waals surface area contributed by atoms with E-state index in [9.17, 15) is 18.9 Å². The zero-order valence-electron chi connectivity index (χ0n) is 23.1. The van der Waals surface area contributed by atoms with Crippen LogP contribution in [0.2, 0.25) is 0 Å². The van der Waals surface area contributed by atoms with E-state index in [2.05, 4.69) is 16.0 Å². The van der Waals surface area contributed by atoms with E-state index in [0.29, 0.717) is 17.3 Å². The van der Waals surface area contributed by atoms with Gasteiger partial charge in [-0.2, -0.15) is 11.8 Å². The Morgan fingerprint density at radius 1 is 0.821 bits per heavy atom. The van der Waals surface area contributed by atoms with Crippen molar-refractivity contribution in [2.75, 3.05) is 12.0 Å². The molecule has 0 heterocycles. The highest BCUT2D eigenvalue weighted by atomic mass is 32.2. The molecule has 12 heteroatoms. The number of thioether (sulfide) groups is 1. The second-order valence-corrected chi connectivity index (χ2v) is 12.8. The van der Waals surface area contributed by atoms with E-state index in [1.807, 2.05) is 6.26 Å². The van der Waals surface area contributed by atoms with Crippen LogP contribution in [0.25, 0.3) is 0 Å². The minimum atomic E-state index is -4.02. The second-order valence-electron chi connectivity index (χ2n) is 9.75. The van der Waals surface area contributed by atoms with Gasteiger partial charge in [-0.3, -0.25) is 9.59 Å². The molecule has 0 radical (unpaired) electrons. The van der Waals surface area contributed by atoms with Gasteiger partial charge in [-0.15, -0.1) is 0 Å². The molecule has 1 unspecified atom stereocenters. The Balaban J connectivity index is 2.18. The van der Waals surface area contributed by atoms with Crippen LogP contribution in [0.1, 0.15) is 41.0 Å². The number of para-hydroxylation sites is 2. The summed E-state index contributed by atoms with van der Waals surface area (Å²) in [4.78, 5) is 37.8. The fourth-order valence-electron chi connectivity index (χ4n) is 3.18. The standard InChI is InChI=1S/C27H38N3O7PS/c1-19(28-24(31)20(2)29-26(33)35-27(3,4)5)25(32)30-23(17-18-39-6)38(34,36-21-13-9-7-10-14-21)37-22-15-11-8-12-16-22/h7-16,19-20,23H,17-18H2,1-6H3,(H,28,31)(H,29,33)(H,30,32)/t19-,20-,23?/m0/s1. The van der Waals surface area contributed by atoms with Crippen molar-refractivity contribution in [2.45, 2.75) is 64.5 Å². The normalized spacial score (nSPS) is 13.8. The number of hydrogen-bond acceptors (Lipinski definition) is 8. The van der Waals surface area contributed by atoms with Gasteiger partial charge >= 0.3 is 13.7 Å². The van der Waals surface area contributed by atoms with Gasteiger partial charge in [-0.1, -0.05) is 36.4 Å². The highest BCUT2D eigenvalue weighted by molar-refractivity contribution is 7.98. The number of rotatable bonds is 13. The molecule has 3 atom stereocenters. The molecule has 0 aromatic heterocycles. The predicted octanol–water partition coefficient (Wildman–Crippen LogP) is 4.95. The van der Waals surface area contributed by atoms with Gasteiger partial charge in [0.2, 0.25) is 11.8 Å². The van der Waals surface area contributed by atoms with Crippen LogP contribution in [0.3, 0.4) is 0 Å². The van der Waals surface area contributed by atoms with Gasteiger partial charge in [0.1, 0.15) is 29.2 Å². The molecule has 2 rings (SSSR count). The van der Waals surface area contributed by atoms with Gasteiger partial charge in [0.15, 0.2) is 5.78 Å². The molecule has 10 nitrogen and oxygen atoms in total. The number of carbonyl (C=O) groups is 3. The third-order valence-electron chi connectivity index (χ3n) is 5.12. The summed E-state index contributed by atoms with van der Waals surface area (Å²) >= 11 is 1.51. The number of alkyl carbamates (subject to hydrolysis) is 1. The molecule has 0 aliphatic rings. The SMILES string of the molecule is CSCCC(NC(=O)[C@H](C)NC(=O)[C@H](C)NC(=O)OC(C)(C)C)P(=O)(Oc1ccccc1)Oc1ccccc1. The molecule has 2 aromatic carbocycles. The monoisotopic (exact) mass is 579 g/mol. The van der Waals surface area contributed by atoms with Crippen molar-refractivity contribution in [1.29, 1.82) is 0 Å². The van der Waals surface area contributed by atoms with Crippen LogP contribution in [-0.4, -0.2) is 53.4 Å². The van der Waals surface area contributed by atoms with Gasteiger partial charge in [0.05, 0.1) is 0 Å². The summed E-state index contributed by atoms with van der Waals surface area (Å²) in [5.41, 5.74) is -0.725. The molecule has 3 N–H and O–H groups in total. The molecule has 3 amide bonds. The molecule has 0 aliphatic heterocycles. The summed E-state index contributed by atoms with van der Waals surface area (Å²) in [5, 5.41) is 7.75. The van der Waals surface area contributed by atoms with Crippen molar-refractivity contribution in [3.05, 3.63) is 60.7 Å². The van der Waals surface area contributed by atoms with Crippen molar-refractivity contribution in [1.82, 2.24) is 16.0 Å². The number of benzene rings is 2. The van der Waals surface area contributed by atoms with Crippen molar-refractivity contribution in [3.8, 4) is 11.5 Å². The van der Waals surface area contributed by atoms with Crippen LogP contribution in [0.4, 0.5) is 4.79 Å². The van der Waals surface area contributed by atoms with Crippen molar-refractivity contribution >= 4 is 37.3 Å². The maximum Gasteiger partial charge on any atom is 0.452 e. The van der Waals surface area contributed by atoms with Gasteiger partial charge in [-0.05, 0) is 77.3 Å². The van der Waals surface area contributed by atoms with E-state index in [4.69, 9.17) is 13.8 Å². The summed E-state index contributed by atoms with van der Waals surface area (Å²) in [5.74, 6) is -0.995. The lowest BCUT2D eigenvalue weighted by Crippen LogP contribution is -2.53. The molecule has 0 bridgehead atoms. The molecule has 0 saturated heterocycles. The van der Waals surface area contributed by atoms with Crippen LogP contribution in [0, 0.1) is 0 Å². The molecule has 2 aromatic rings. The van der Waals surface area contributed by atoms with Crippen molar-refractivity contribution in [2.24, 2.45) is 0 Å². The Bertz CT molecular complexity index is 1080. The molecule has 214 valence electrons. The summed E-state index contributed by atoms with van der Waals surface area (Å²) in [6.07, 6.45) is 1.42. The fraction of sp³-hybridized carbons (Fsp3) is 0.444. The number of hydrogen-bond donors (Lipinski definition) is 3. The number of amides is 3. The van der Waals surface area contributed by atoms with E-state index in [1.54, 1.807) is 81.4 Å². The van der Waals surface area contributed by atoms with Crippen molar-refractivity contribution in [3.63, 3.8) is 0 Å². The zero-order chi connectivity index (χ0) is 29.1. The van der Waals surface area contributed by atoms with Gasteiger partial charge in [-0.25, -0.2) is 9.36 Å². The third kappa shape index (κ3) is 11.2. The molecule has 0 saturated carbocycles. The second kappa shape index (κ2) is 14.8. The molecule has 0 fully saturated rings. The Kier molecular flexibility index (Phi) is 12.2. The largest absolute Gasteiger partial charge is 0.452 e. The van der Waals surface area contributed by atoms with E-state index >= 15 is 0 Å². The van der Waals surface area contributed by atoms with Crippen LogP contribution in [0.15, 0.2) is 60.7 Å². The van der Waals surface area contributed by atoms with Gasteiger partial charge in [0.25, 0.3) is 0 Å². The average molecular weight is 580 g/mol. The Morgan fingerprint density at radius 2 is 1.28 bits per heavy atom. The first-order valence-electron chi connectivity index (χ1n) is 12.5. The van der Waals surface area contributed by atoms with Crippen molar-refractivity contribution < 1.29 is 32.7 Å². The summed E-state index contributed by atoms with van der Waals surface area (Å²) < 4.78 is 31.2. The van der Waals surface area contributed by atoms with E-state index in [1.165, 1.54) is 25.6 Å². The lowest BCUT2D eigenvalue weighted by molar-refractivity contribution is -0.129. The fourth-order valence-corrected chi connectivity index (χ4v) is 5.68. The Morgan fingerprint density at radius 3 is 1.74 bits per heavy atom. The molecule has 39 heavy (non-hydrogen) atoms. The quantitative estimate of drug-likeness (QED) is 0.284. The Labute approximate surface area is 234 Å². The highest BCUT2D eigenvalue weighted by Gasteiger charge is 2.41. The Hall–Kier alpha value is -3.17. The van der Waals surface area contributed by atoms with Crippen LogP contribution in [0.5, 0.6) is 11.5 Å². The van der Waals surface area contributed by atoms with Crippen LogP contribution >= 0.6 is 19.4 Å². The minimum Gasteiger partial charge on any atom is -0.444 e. The maximum absolute atomic E-state index is 14.3. The molecular weight excluding hydrogens is 541 g/mol. The van der Waals surface area contributed by atoms with Gasteiger partial charge < -0.3 is 29.7 Å². The summed E-state index contributed by atoms with van der Waals surface area (Å²) in [7, 11) is -4.02. The van der Waals surface area contributed by atoms with E-state index < -0.39 is 49.0 Å². The highest BCUT2D eigenvalue weighted by Crippen LogP contribution is 2.53. The van der Waals surface area contributed by atoms with Gasteiger partial charge in [0, 0.05) is 0 Å². The summed E-state index contributed by atoms with van der Waals surface area (Å²) in [6.45, 7) is 8.08. The minimum absolute atomic E-state index is 0.279. The van der Waals surface area contributed by atoms with E-state index in [0.717, 1.165) is 0 Å². The lowest BCUT2D eigenvalue weighted by atomic mass is 10.2. The topological polar surface area (TPSA) is 132 Å². The predicted molar refractivity (Wildman–Crippen MR) is 153 cm³/mol. The van der Waals surface area contributed by atoms with Crippen LogP contribution in [-0.2, 0) is 18.9 Å². The smallest absolute Gasteiger partial charge is 0.444 e. The third-order valence-corrected chi connectivity index (χ3v) is 7.84. The maximum atomic E-state index is 14.3. The lowest BCUT2D eigenvalue weighted by Gasteiger charge is -2.29. The van der Waals surface area contributed by atoms with Crippen LogP contribution < -0.4 is 25.0 Å². The first-order valence-corrected chi connectivity index (χ1v) is 15.5. The number of carbonyl (C=O) groups excluding carboxylic acids is 3. The molecular formula is C27H38N3O7PS. The number of ether oxygens (including phenoxy) is 1. The average Bonchev–Trinajstić information content (AvgIpc) is 2.86. The zero-order valence-corrected chi connectivity index (χ0v) is 24.8. The first kappa shape index (κ1) is 32.0.